The Hall–Kier alpha value is -1.35. The van der Waals surface area contributed by atoms with Gasteiger partial charge >= 0.3 is 5.97 Å². The molecular weight excluding hydrogens is 252 g/mol. The minimum Gasteiger partial charge on any atom is -0.427 e. The molecule has 1 saturated carbocycles. The van der Waals surface area contributed by atoms with Gasteiger partial charge in [-0.1, -0.05) is 18.6 Å². The lowest BCUT2D eigenvalue weighted by Crippen LogP contribution is -2.37. The van der Waals surface area contributed by atoms with E-state index in [-0.39, 0.29) is 16.6 Å². The van der Waals surface area contributed by atoms with E-state index in [0.29, 0.717) is 12.2 Å². The lowest BCUT2D eigenvalue weighted by molar-refractivity contribution is -0.131. The number of esters is 1. The van der Waals surface area contributed by atoms with Crippen molar-refractivity contribution >= 4 is 22.8 Å². The minimum absolute atomic E-state index is 0.238. The van der Waals surface area contributed by atoms with Gasteiger partial charge < -0.3 is 4.74 Å². The average Bonchev–Trinajstić information content (AvgIpc) is 2.24. The van der Waals surface area contributed by atoms with Crippen molar-refractivity contribution in [2.45, 2.75) is 32.6 Å². The van der Waals surface area contributed by atoms with Crippen molar-refractivity contribution in [2.24, 2.45) is 5.41 Å². The van der Waals surface area contributed by atoms with Crippen LogP contribution in [0.15, 0.2) is 24.3 Å². The largest absolute Gasteiger partial charge is 0.427 e. The Morgan fingerprint density at radius 2 is 1.89 bits per heavy atom. The van der Waals surface area contributed by atoms with Crippen molar-refractivity contribution in [3.05, 3.63) is 29.8 Å². The van der Waals surface area contributed by atoms with Crippen LogP contribution < -0.4 is 4.74 Å². The molecule has 4 heteroatoms. The first-order valence-corrected chi connectivity index (χ1v) is 6.37. The Labute approximate surface area is 111 Å². The van der Waals surface area contributed by atoms with Crippen LogP contribution in [0.4, 0.5) is 0 Å². The lowest BCUT2D eigenvalue weighted by atomic mass is 9.66. The summed E-state index contributed by atoms with van der Waals surface area (Å²) in [6.07, 6.45) is 3.45. The highest BCUT2D eigenvalue weighted by molar-refractivity contribution is 6.64. The van der Waals surface area contributed by atoms with Crippen LogP contribution >= 0.6 is 11.6 Å². The van der Waals surface area contributed by atoms with E-state index in [0.717, 1.165) is 24.8 Å². The van der Waals surface area contributed by atoms with Crippen LogP contribution in [0.2, 0.25) is 0 Å². The van der Waals surface area contributed by atoms with Gasteiger partial charge in [0.1, 0.15) is 5.75 Å². The summed E-state index contributed by atoms with van der Waals surface area (Å²) in [6.45, 7) is 1.36. The van der Waals surface area contributed by atoms with E-state index in [1.165, 1.54) is 6.92 Å². The van der Waals surface area contributed by atoms with E-state index in [4.69, 9.17) is 16.3 Å². The van der Waals surface area contributed by atoms with E-state index < -0.39 is 0 Å². The molecule has 0 saturated heterocycles. The Balaban J connectivity index is 2.06. The average molecular weight is 267 g/mol. The van der Waals surface area contributed by atoms with Gasteiger partial charge in [0.25, 0.3) is 0 Å². The summed E-state index contributed by atoms with van der Waals surface area (Å²) in [5.74, 6) is 0.181. The molecular formula is C14H15ClO3. The van der Waals surface area contributed by atoms with Crippen LogP contribution in [0.5, 0.6) is 5.75 Å². The zero-order valence-electron chi connectivity index (χ0n) is 10.2. The molecule has 1 aromatic carbocycles. The highest BCUT2D eigenvalue weighted by atomic mass is 35.5. The molecule has 1 fully saturated rings. The van der Waals surface area contributed by atoms with Crippen molar-refractivity contribution < 1.29 is 14.3 Å². The Kier molecular flexibility index (Phi) is 3.71. The molecule has 0 spiro atoms. The summed E-state index contributed by atoms with van der Waals surface area (Å²) in [5, 5.41) is -0.238. The Bertz CT molecular complexity index is 460. The monoisotopic (exact) mass is 266 g/mol. The van der Waals surface area contributed by atoms with E-state index >= 15 is 0 Å². The predicted molar refractivity (Wildman–Crippen MR) is 68.6 cm³/mol. The second-order valence-electron chi connectivity index (χ2n) is 4.82. The summed E-state index contributed by atoms with van der Waals surface area (Å²) >= 11 is 5.68. The second-order valence-corrected chi connectivity index (χ2v) is 5.17. The maximum Gasteiger partial charge on any atom is 0.308 e. The lowest BCUT2D eigenvalue weighted by Gasteiger charge is -2.38. The fourth-order valence-electron chi connectivity index (χ4n) is 2.28. The smallest absolute Gasteiger partial charge is 0.308 e. The van der Waals surface area contributed by atoms with Gasteiger partial charge in [0.15, 0.2) is 0 Å². The quantitative estimate of drug-likeness (QED) is 0.478. The summed E-state index contributed by atoms with van der Waals surface area (Å²) in [7, 11) is 0. The summed E-state index contributed by atoms with van der Waals surface area (Å²) in [4.78, 5) is 22.2. The van der Waals surface area contributed by atoms with Crippen LogP contribution in [0, 0.1) is 5.41 Å². The van der Waals surface area contributed by atoms with E-state index in [1.54, 1.807) is 12.1 Å². The Morgan fingerprint density at radius 1 is 1.28 bits per heavy atom. The molecule has 0 aromatic heterocycles. The van der Waals surface area contributed by atoms with Gasteiger partial charge in [-0.3, -0.25) is 9.59 Å². The first-order valence-electron chi connectivity index (χ1n) is 5.99. The molecule has 1 aromatic rings. The van der Waals surface area contributed by atoms with Gasteiger partial charge in [0, 0.05) is 12.3 Å². The normalized spacial score (nSPS) is 16.8. The van der Waals surface area contributed by atoms with E-state index in [2.05, 4.69) is 0 Å². The molecule has 1 aliphatic rings. The molecule has 0 radical (unpaired) electrons. The number of ether oxygens (including phenoxy) is 1. The second kappa shape index (κ2) is 5.11. The van der Waals surface area contributed by atoms with Crippen LogP contribution in [-0.4, -0.2) is 11.2 Å². The zero-order valence-corrected chi connectivity index (χ0v) is 11.0. The number of rotatable bonds is 4. The van der Waals surface area contributed by atoms with Gasteiger partial charge in [0.05, 0.1) is 0 Å². The molecule has 0 bridgehead atoms. The third-order valence-corrected chi connectivity index (χ3v) is 3.86. The predicted octanol–water partition coefficient (Wildman–Crippen LogP) is 3.09. The molecule has 3 nitrogen and oxygen atoms in total. The van der Waals surface area contributed by atoms with Crippen molar-refractivity contribution in [1.29, 1.82) is 0 Å². The summed E-state index contributed by atoms with van der Waals surface area (Å²) < 4.78 is 4.96. The topological polar surface area (TPSA) is 43.4 Å². The van der Waals surface area contributed by atoms with E-state index in [1.807, 2.05) is 12.1 Å². The van der Waals surface area contributed by atoms with Gasteiger partial charge in [-0.05, 0) is 48.6 Å². The number of hydrogen-bond acceptors (Lipinski definition) is 3. The molecule has 0 amide bonds. The molecule has 2 rings (SSSR count). The van der Waals surface area contributed by atoms with Crippen molar-refractivity contribution in [1.82, 2.24) is 0 Å². The highest BCUT2D eigenvalue weighted by Gasteiger charge is 2.42. The number of carbonyl (C=O) groups excluding carboxylic acids is 2. The van der Waals surface area contributed by atoms with Gasteiger partial charge in [-0.15, -0.1) is 0 Å². The fourth-order valence-corrected chi connectivity index (χ4v) is 2.53. The summed E-state index contributed by atoms with van der Waals surface area (Å²) in [5.41, 5.74) is 0.671. The SMILES string of the molecule is CC(=O)Oc1ccc(CC2(C(=O)Cl)CCC2)cc1. The van der Waals surface area contributed by atoms with Crippen molar-refractivity contribution in [2.75, 3.05) is 0 Å². The third kappa shape index (κ3) is 2.72. The van der Waals surface area contributed by atoms with E-state index in [9.17, 15) is 9.59 Å². The van der Waals surface area contributed by atoms with Gasteiger partial charge in [-0.25, -0.2) is 0 Å². The van der Waals surface area contributed by atoms with Crippen molar-refractivity contribution in [3.63, 3.8) is 0 Å². The van der Waals surface area contributed by atoms with Crippen LogP contribution in [-0.2, 0) is 16.0 Å². The molecule has 0 atom stereocenters. The number of halogens is 1. The van der Waals surface area contributed by atoms with Gasteiger partial charge in [-0.2, -0.15) is 0 Å². The van der Waals surface area contributed by atoms with Crippen molar-refractivity contribution in [3.8, 4) is 5.75 Å². The maximum atomic E-state index is 11.5. The standard InChI is InChI=1S/C14H15ClO3/c1-10(16)18-12-5-3-11(4-6-12)9-14(13(15)17)7-2-8-14/h3-6H,2,7-9H2,1H3. The molecule has 0 unspecified atom stereocenters. The maximum absolute atomic E-state index is 11.5. The van der Waals surface area contributed by atoms with Crippen LogP contribution in [0.3, 0.4) is 0 Å². The number of benzene rings is 1. The van der Waals surface area contributed by atoms with Crippen LogP contribution in [0.1, 0.15) is 31.7 Å². The molecule has 0 N–H and O–H groups in total. The third-order valence-electron chi connectivity index (χ3n) is 3.46. The Morgan fingerprint density at radius 3 is 2.28 bits per heavy atom. The summed E-state index contributed by atoms with van der Waals surface area (Å²) in [6, 6.07) is 7.22. The van der Waals surface area contributed by atoms with Crippen LogP contribution in [0.25, 0.3) is 0 Å². The fraction of sp³-hybridized carbons (Fsp3) is 0.429. The first-order chi connectivity index (χ1) is 8.52. The highest BCUT2D eigenvalue weighted by Crippen LogP contribution is 2.45. The number of hydrogen-bond donors (Lipinski definition) is 0. The molecule has 0 heterocycles. The minimum atomic E-state index is -0.371. The molecule has 18 heavy (non-hydrogen) atoms. The first kappa shape index (κ1) is 13.1. The van der Waals surface area contributed by atoms with Gasteiger partial charge in [0.2, 0.25) is 5.24 Å². The molecule has 0 aliphatic heterocycles. The zero-order chi connectivity index (χ0) is 13.2. The molecule has 1 aliphatic carbocycles. The molecule has 96 valence electrons. The number of carbonyl (C=O) groups is 2.